The molecule has 0 spiro atoms. The highest BCUT2D eigenvalue weighted by Gasteiger charge is 2.26. The van der Waals surface area contributed by atoms with Crippen molar-refractivity contribution >= 4 is 22.9 Å². The van der Waals surface area contributed by atoms with Gasteiger partial charge in [0.15, 0.2) is 5.65 Å². The molecule has 124 valence electrons. The van der Waals surface area contributed by atoms with E-state index in [2.05, 4.69) is 15.1 Å². The Hall–Kier alpha value is -2.48. The fraction of sp³-hybridized carbons (Fsp3) is 0.375. The highest BCUT2D eigenvalue weighted by Crippen LogP contribution is 2.28. The van der Waals surface area contributed by atoms with Crippen LogP contribution in [0.25, 0.3) is 5.65 Å². The van der Waals surface area contributed by atoms with E-state index in [1.54, 1.807) is 10.9 Å². The number of H-pyrrole nitrogens is 1. The number of hydrogen-bond donors (Lipinski definition) is 1. The summed E-state index contributed by atoms with van der Waals surface area (Å²) in [6.07, 6.45) is 1.72. The maximum atomic E-state index is 12.3. The van der Waals surface area contributed by atoms with Crippen LogP contribution in [0.3, 0.4) is 0 Å². The topological polar surface area (TPSA) is 83.4 Å². The lowest BCUT2D eigenvalue weighted by Gasteiger charge is -2.31. The largest absolute Gasteiger partial charge is 0.337 e. The highest BCUT2D eigenvalue weighted by molar-refractivity contribution is 7.07. The Bertz CT molecular complexity index is 935. The number of aromatic amines is 1. The van der Waals surface area contributed by atoms with Crippen LogP contribution < -0.4 is 5.56 Å². The number of fused-ring (bicyclic) bond motifs is 1. The number of carbonyl (C=O) groups excluding carboxylic acids is 1. The number of likely N-dealkylation sites (tertiary alicyclic amines) is 1. The van der Waals surface area contributed by atoms with Gasteiger partial charge >= 0.3 is 0 Å². The van der Waals surface area contributed by atoms with E-state index < -0.39 is 0 Å². The first-order valence-electron chi connectivity index (χ1n) is 7.88. The second kappa shape index (κ2) is 5.86. The normalized spacial score (nSPS) is 16.0. The molecule has 1 aliphatic heterocycles. The SMILES string of the molecule is Cc1cc(=O)n2[nH]c(C3CCN(C(=O)c4cscn4)CC3)cc2n1. The number of piperidine rings is 1. The fourth-order valence-corrected chi connectivity index (χ4v) is 3.74. The Kier molecular flexibility index (Phi) is 3.68. The second-order valence-corrected chi connectivity index (χ2v) is 6.80. The number of hydrogen-bond acceptors (Lipinski definition) is 5. The monoisotopic (exact) mass is 343 g/mol. The van der Waals surface area contributed by atoms with Gasteiger partial charge in [-0.1, -0.05) is 0 Å². The first kappa shape index (κ1) is 15.1. The number of carbonyl (C=O) groups is 1. The number of amides is 1. The summed E-state index contributed by atoms with van der Waals surface area (Å²) in [6, 6.07) is 3.46. The molecule has 4 rings (SSSR count). The van der Waals surface area contributed by atoms with Crippen LogP contribution in [-0.2, 0) is 0 Å². The van der Waals surface area contributed by atoms with Gasteiger partial charge in [-0.25, -0.2) is 14.5 Å². The lowest BCUT2D eigenvalue weighted by Crippen LogP contribution is -2.38. The van der Waals surface area contributed by atoms with Crippen molar-refractivity contribution in [3.8, 4) is 0 Å². The third-order valence-electron chi connectivity index (χ3n) is 4.47. The van der Waals surface area contributed by atoms with Crippen molar-refractivity contribution in [1.29, 1.82) is 0 Å². The molecule has 7 nitrogen and oxygen atoms in total. The molecule has 1 amide bonds. The molecule has 3 aromatic heterocycles. The average Bonchev–Trinajstić information content (AvgIpc) is 3.24. The Morgan fingerprint density at radius 2 is 2.12 bits per heavy atom. The van der Waals surface area contributed by atoms with E-state index in [1.807, 2.05) is 17.9 Å². The zero-order valence-corrected chi connectivity index (χ0v) is 14.0. The average molecular weight is 343 g/mol. The summed E-state index contributed by atoms with van der Waals surface area (Å²) < 4.78 is 1.48. The van der Waals surface area contributed by atoms with Crippen LogP contribution in [0.1, 0.15) is 40.6 Å². The molecule has 8 heteroatoms. The molecule has 0 atom stereocenters. The van der Waals surface area contributed by atoms with Crippen LogP contribution in [0, 0.1) is 6.92 Å². The van der Waals surface area contributed by atoms with E-state index in [9.17, 15) is 9.59 Å². The van der Waals surface area contributed by atoms with Crippen LogP contribution in [0.5, 0.6) is 0 Å². The first-order chi connectivity index (χ1) is 11.6. The molecule has 1 N–H and O–H groups in total. The third kappa shape index (κ3) is 2.62. The summed E-state index contributed by atoms with van der Waals surface area (Å²) in [4.78, 5) is 34.7. The minimum absolute atomic E-state index is 0.000132. The lowest BCUT2D eigenvalue weighted by molar-refractivity contribution is 0.0707. The smallest absolute Gasteiger partial charge is 0.273 e. The van der Waals surface area contributed by atoms with Gasteiger partial charge in [0, 0.05) is 47.9 Å². The second-order valence-electron chi connectivity index (χ2n) is 6.08. The summed E-state index contributed by atoms with van der Waals surface area (Å²) in [5, 5.41) is 4.94. The van der Waals surface area contributed by atoms with E-state index in [4.69, 9.17) is 0 Å². The molecule has 0 bridgehead atoms. The van der Waals surface area contributed by atoms with E-state index >= 15 is 0 Å². The van der Waals surface area contributed by atoms with Crippen LogP contribution in [0.4, 0.5) is 0 Å². The van der Waals surface area contributed by atoms with Crippen molar-refractivity contribution in [2.24, 2.45) is 0 Å². The fourth-order valence-electron chi connectivity index (χ4n) is 3.21. The van der Waals surface area contributed by atoms with Crippen molar-refractivity contribution in [1.82, 2.24) is 24.5 Å². The third-order valence-corrected chi connectivity index (χ3v) is 5.06. The molecule has 0 saturated carbocycles. The van der Waals surface area contributed by atoms with Crippen LogP contribution in [0.15, 0.2) is 27.8 Å². The molecule has 0 aliphatic carbocycles. The number of aryl methyl sites for hydroxylation is 1. The Balaban J connectivity index is 1.51. The summed E-state index contributed by atoms with van der Waals surface area (Å²) in [5.41, 5.74) is 4.48. The summed E-state index contributed by atoms with van der Waals surface area (Å²) in [5.74, 6) is 0.297. The summed E-state index contributed by atoms with van der Waals surface area (Å²) in [7, 11) is 0. The van der Waals surface area contributed by atoms with Gasteiger partial charge in [-0.05, 0) is 19.8 Å². The molecular formula is C16H17N5O2S. The van der Waals surface area contributed by atoms with Gasteiger partial charge in [0.2, 0.25) is 0 Å². The summed E-state index contributed by atoms with van der Waals surface area (Å²) in [6.45, 7) is 3.20. The van der Waals surface area contributed by atoms with Crippen molar-refractivity contribution in [3.63, 3.8) is 0 Å². The highest BCUT2D eigenvalue weighted by atomic mass is 32.1. The number of thiazole rings is 1. The molecule has 0 aromatic carbocycles. The Morgan fingerprint density at radius 3 is 2.83 bits per heavy atom. The minimum Gasteiger partial charge on any atom is -0.337 e. The van der Waals surface area contributed by atoms with E-state index in [1.165, 1.54) is 21.9 Å². The molecule has 4 heterocycles. The van der Waals surface area contributed by atoms with Crippen molar-refractivity contribution in [3.05, 3.63) is 50.5 Å². The Morgan fingerprint density at radius 1 is 1.33 bits per heavy atom. The van der Waals surface area contributed by atoms with Crippen molar-refractivity contribution < 1.29 is 4.79 Å². The van der Waals surface area contributed by atoms with Crippen LogP contribution >= 0.6 is 11.3 Å². The first-order valence-corrected chi connectivity index (χ1v) is 8.83. The van der Waals surface area contributed by atoms with Crippen LogP contribution in [0.2, 0.25) is 0 Å². The molecule has 1 aliphatic rings. The predicted octanol–water partition coefficient (Wildman–Crippen LogP) is 1.81. The number of rotatable bonds is 2. The molecule has 0 unspecified atom stereocenters. The van der Waals surface area contributed by atoms with Gasteiger partial charge in [-0.2, -0.15) is 0 Å². The maximum absolute atomic E-state index is 12.3. The van der Waals surface area contributed by atoms with Gasteiger partial charge in [-0.3, -0.25) is 14.7 Å². The standard InChI is InChI=1S/C16H17N5O2S/c1-10-6-15(22)21-14(18-10)7-12(19-21)11-2-4-20(5-3-11)16(23)13-8-24-9-17-13/h6-9,11,19H,2-5H2,1H3. The zero-order chi connectivity index (χ0) is 16.7. The lowest BCUT2D eigenvalue weighted by atomic mass is 9.93. The number of nitrogens with one attached hydrogen (secondary N) is 1. The molecule has 1 saturated heterocycles. The molecular weight excluding hydrogens is 326 g/mol. The maximum Gasteiger partial charge on any atom is 0.273 e. The van der Waals surface area contributed by atoms with Gasteiger partial charge in [0.25, 0.3) is 11.5 Å². The Labute approximate surface area is 142 Å². The van der Waals surface area contributed by atoms with Gasteiger partial charge in [-0.15, -0.1) is 11.3 Å². The minimum atomic E-state index is -0.0973. The van der Waals surface area contributed by atoms with E-state index in [0.717, 1.165) is 18.5 Å². The van der Waals surface area contributed by atoms with Gasteiger partial charge in [0.1, 0.15) is 5.69 Å². The summed E-state index contributed by atoms with van der Waals surface area (Å²) >= 11 is 1.43. The van der Waals surface area contributed by atoms with E-state index in [-0.39, 0.29) is 11.5 Å². The number of nitrogens with zero attached hydrogens (tertiary/aromatic N) is 4. The molecule has 0 radical (unpaired) electrons. The predicted molar refractivity (Wildman–Crippen MR) is 90.5 cm³/mol. The molecule has 24 heavy (non-hydrogen) atoms. The van der Waals surface area contributed by atoms with Crippen LogP contribution in [-0.4, -0.2) is 43.5 Å². The quantitative estimate of drug-likeness (QED) is 0.769. The van der Waals surface area contributed by atoms with Gasteiger partial charge in [0.05, 0.1) is 5.51 Å². The molecule has 3 aromatic rings. The molecule has 1 fully saturated rings. The van der Waals surface area contributed by atoms with Crippen molar-refractivity contribution in [2.75, 3.05) is 13.1 Å². The zero-order valence-electron chi connectivity index (χ0n) is 13.2. The van der Waals surface area contributed by atoms with Gasteiger partial charge < -0.3 is 4.90 Å². The number of aromatic nitrogens is 4. The van der Waals surface area contributed by atoms with Crippen molar-refractivity contribution in [2.45, 2.75) is 25.7 Å². The van der Waals surface area contributed by atoms with E-state index in [0.29, 0.717) is 36.0 Å².